The third-order valence-electron chi connectivity index (χ3n) is 5.40. The molecule has 4 rings (SSSR count). The number of H-pyrrole nitrogens is 1. The fourth-order valence-corrected chi connectivity index (χ4v) is 3.78. The van der Waals surface area contributed by atoms with E-state index in [2.05, 4.69) is 20.3 Å². The zero-order valence-electron chi connectivity index (χ0n) is 19.4. The highest BCUT2D eigenvalue weighted by Gasteiger charge is 2.30. The maximum Gasteiger partial charge on any atom is 0.410 e. The Bertz CT molecular complexity index is 1190. The molecule has 0 aliphatic carbocycles. The molecule has 1 aliphatic heterocycles. The summed E-state index contributed by atoms with van der Waals surface area (Å²) in [6, 6.07) is 1.58. The predicted octanol–water partition coefficient (Wildman–Crippen LogP) is 3.48. The summed E-state index contributed by atoms with van der Waals surface area (Å²) >= 11 is 0. The average Bonchev–Trinajstić information content (AvgIpc) is 3.32. The number of hydrogen-bond donors (Lipinski definition) is 1. The molecule has 3 aromatic rings. The zero-order chi connectivity index (χ0) is 23.3. The molecule has 0 atom stereocenters. The van der Waals surface area contributed by atoms with E-state index >= 15 is 0 Å². The van der Waals surface area contributed by atoms with Crippen molar-refractivity contribution in [1.29, 1.82) is 0 Å². The standard InChI is InChI=1S/C22H30N6O4/c1-21(2,3)19-26-25-18(31-19)14-12-23-28-15(11-16(29)24-17(14)28)13-7-9-27(10-8-13)20(30)32-22(4,5)6/h11-13H,7-10H2,1-6H3,(H,24,29). The number of nitrogens with zero attached hydrogens (tertiary/aromatic N) is 5. The number of hydrogen-bond acceptors (Lipinski definition) is 7. The summed E-state index contributed by atoms with van der Waals surface area (Å²) in [5.41, 5.74) is 0.868. The number of nitrogens with one attached hydrogen (secondary N) is 1. The van der Waals surface area contributed by atoms with Gasteiger partial charge in [-0.15, -0.1) is 10.2 Å². The van der Waals surface area contributed by atoms with E-state index in [1.165, 1.54) is 0 Å². The van der Waals surface area contributed by atoms with Gasteiger partial charge >= 0.3 is 6.09 Å². The molecule has 10 heteroatoms. The molecule has 0 radical (unpaired) electrons. The van der Waals surface area contributed by atoms with Crippen LogP contribution in [-0.2, 0) is 10.2 Å². The average molecular weight is 443 g/mol. The molecule has 10 nitrogen and oxygen atoms in total. The molecular formula is C22H30N6O4. The Kier molecular flexibility index (Phi) is 5.34. The second-order valence-corrected chi connectivity index (χ2v) is 10.3. The molecule has 32 heavy (non-hydrogen) atoms. The summed E-state index contributed by atoms with van der Waals surface area (Å²) < 4.78 is 13.1. The first kappa shape index (κ1) is 22.0. The molecule has 1 amide bonds. The molecule has 172 valence electrons. The lowest BCUT2D eigenvalue weighted by atomic mass is 9.93. The molecule has 0 bridgehead atoms. The first-order chi connectivity index (χ1) is 14.9. The molecule has 1 N–H and O–H groups in total. The Labute approximate surface area is 186 Å². The Balaban J connectivity index is 1.60. The highest BCUT2D eigenvalue weighted by Crippen LogP contribution is 2.31. The molecule has 0 unspecified atom stereocenters. The molecule has 0 spiro atoms. The van der Waals surface area contributed by atoms with Crippen LogP contribution >= 0.6 is 0 Å². The van der Waals surface area contributed by atoms with Gasteiger partial charge in [0.25, 0.3) is 11.4 Å². The van der Waals surface area contributed by atoms with Crippen LogP contribution in [0.5, 0.6) is 0 Å². The maximum absolute atomic E-state index is 12.5. The van der Waals surface area contributed by atoms with Crippen molar-refractivity contribution >= 4 is 11.7 Å². The predicted molar refractivity (Wildman–Crippen MR) is 118 cm³/mol. The van der Waals surface area contributed by atoms with Gasteiger partial charge in [-0.3, -0.25) is 4.79 Å². The van der Waals surface area contributed by atoms with Crippen LogP contribution in [0.4, 0.5) is 4.79 Å². The van der Waals surface area contributed by atoms with Crippen LogP contribution in [0, 0.1) is 0 Å². The summed E-state index contributed by atoms with van der Waals surface area (Å²) in [7, 11) is 0. The van der Waals surface area contributed by atoms with E-state index in [4.69, 9.17) is 9.15 Å². The highest BCUT2D eigenvalue weighted by molar-refractivity contribution is 5.71. The lowest BCUT2D eigenvalue weighted by molar-refractivity contribution is 0.0203. The number of ether oxygens (including phenoxy) is 1. The van der Waals surface area contributed by atoms with Crippen molar-refractivity contribution < 1.29 is 13.9 Å². The Morgan fingerprint density at radius 2 is 1.84 bits per heavy atom. The van der Waals surface area contributed by atoms with Gasteiger partial charge in [-0.2, -0.15) is 5.10 Å². The van der Waals surface area contributed by atoms with E-state index < -0.39 is 5.60 Å². The van der Waals surface area contributed by atoms with Crippen LogP contribution in [0.1, 0.15) is 71.9 Å². The summed E-state index contributed by atoms with van der Waals surface area (Å²) in [6.07, 6.45) is 2.74. The first-order valence-corrected chi connectivity index (χ1v) is 10.9. The van der Waals surface area contributed by atoms with Gasteiger partial charge in [0.1, 0.15) is 16.8 Å². The fraction of sp³-hybridized carbons (Fsp3) is 0.591. The molecule has 0 aromatic carbocycles. The van der Waals surface area contributed by atoms with E-state index in [1.54, 1.807) is 21.7 Å². The SMILES string of the molecule is CC(C)(C)OC(=O)N1CCC(c2cc(=O)[nH]c3c(-c4nnc(C(C)(C)C)o4)cnn23)CC1. The second-order valence-electron chi connectivity index (χ2n) is 10.3. The van der Waals surface area contributed by atoms with Crippen molar-refractivity contribution in [2.75, 3.05) is 13.1 Å². The summed E-state index contributed by atoms with van der Waals surface area (Å²) in [6.45, 7) is 12.6. The number of piperidine rings is 1. The molecule has 4 heterocycles. The number of likely N-dealkylation sites (tertiary alicyclic amines) is 1. The van der Waals surface area contributed by atoms with E-state index in [0.29, 0.717) is 48.9 Å². The van der Waals surface area contributed by atoms with Crippen LogP contribution in [0.15, 0.2) is 21.5 Å². The van der Waals surface area contributed by atoms with E-state index in [-0.39, 0.29) is 23.0 Å². The number of aromatic amines is 1. The quantitative estimate of drug-likeness (QED) is 0.645. The van der Waals surface area contributed by atoms with Crippen LogP contribution in [0.2, 0.25) is 0 Å². The monoisotopic (exact) mass is 442 g/mol. The minimum absolute atomic E-state index is 0.0825. The van der Waals surface area contributed by atoms with Crippen molar-refractivity contribution in [3.63, 3.8) is 0 Å². The lowest BCUT2D eigenvalue weighted by Crippen LogP contribution is -2.41. The highest BCUT2D eigenvalue weighted by atomic mass is 16.6. The van der Waals surface area contributed by atoms with E-state index in [0.717, 1.165) is 5.69 Å². The van der Waals surface area contributed by atoms with Gasteiger partial charge in [0.15, 0.2) is 0 Å². The smallest absolute Gasteiger partial charge is 0.410 e. The number of carbonyl (C=O) groups is 1. The fourth-order valence-electron chi connectivity index (χ4n) is 3.78. The van der Waals surface area contributed by atoms with Crippen LogP contribution in [-0.4, -0.2) is 54.5 Å². The molecular weight excluding hydrogens is 412 g/mol. The number of carbonyl (C=O) groups excluding carboxylic acids is 1. The number of amides is 1. The van der Waals surface area contributed by atoms with Crippen molar-refractivity contribution in [3.8, 4) is 11.5 Å². The third kappa shape index (κ3) is 4.39. The summed E-state index contributed by atoms with van der Waals surface area (Å²) in [5.74, 6) is 0.913. The molecule has 0 saturated carbocycles. The molecule has 1 aliphatic rings. The van der Waals surface area contributed by atoms with Gasteiger partial charge in [-0.25, -0.2) is 9.31 Å². The van der Waals surface area contributed by atoms with Crippen LogP contribution in [0.25, 0.3) is 17.1 Å². The third-order valence-corrected chi connectivity index (χ3v) is 5.40. The topological polar surface area (TPSA) is 119 Å². The van der Waals surface area contributed by atoms with Gasteiger partial charge in [0.2, 0.25) is 5.89 Å². The van der Waals surface area contributed by atoms with Crippen LogP contribution in [0.3, 0.4) is 0 Å². The van der Waals surface area contributed by atoms with E-state index in [9.17, 15) is 9.59 Å². The Morgan fingerprint density at radius 1 is 1.16 bits per heavy atom. The lowest BCUT2D eigenvalue weighted by Gasteiger charge is -2.33. The van der Waals surface area contributed by atoms with Crippen molar-refractivity contribution in [3.05, 3.63) is 34.2 Å². The minimum atomic E-state index is -0.528. The Hall–Kier alpha value is -3.17. The first-order valence-electron chi connectivity index (χ1n) is 10.9. The number of aromatic nitrogens is 5. The van der Waals surface area contributed by atoms with Crippen molar-refractivity contribution in [2.24, 2.45) is 0 Å². The molecule has 1 fully saturated rings. The molecule has 3 aromatic heterocycles. The summed E-state index contributed by atoms with van der Waals surface area (Å²) in [4.78, 5) is 29.4. The largest absolute Gasteiger partial charge is 0.444 e. The van der Waals surface area contributed by atoms with Crippen LogP contribution < -0.4 is 5.56 Å². The van der Waals surface area contributed by atoms with Gasteiger partial charge in [-0.1, -0.05) is 20.8 Å². The summed E-state index contributed by atoms with van der Waals surface area (Å²) in [5, 5.41) is 12.8. The van der Waals surface area contributed by atoms with E-state index in [1.807, 2.05) is 41.5 Å². The molecule has 1 saturated heterocycles. The number of rotatable bonds is 2. The van der Waals surface area contributed by atoms with Gasteiger partial charge in [0.05, 0.1) is 11.9 Å². The van der Waals surface area contributed by atoms with Crippen molar-refractivity contribution in [2.45, 2.75) is 71.3 Å². The van der Waals surface area contributed by atoms with Crippen molar-refractivity contribution in [1.82, 2.24) is 29.7 Å². The Morgan fingerprint density at radius 3 is 2.44 bits per heavy atom. The normalized spacial score (nSPS) is 16.0. The minimum Gasteiger partial charge on any atom is -0.444 e. The zero-order valence-corrected chi connectivity index (χ0v) is 19.4. The number of fused-ring (bicyclic) bond motifs is 1. The second kappa shape index (κ2) is 7.75. The maximum atomic E-state index is 12.5. The van der Waals surface area contributed by atoms with Gasteiger partial charge in [-0.05, 0) is 33.6 Å². The van der Waals surface area contributed by atoms with Gasteiger partial charge in [0, 0.05) is 30.5 Å². The van der Waals surface area contributed by atoms with Gasteiger partial charge < -0.3 is 19.0 Å².